The molecule has 0 saturated heterocycles. The standard InChI is InChI=1S/C28H31N3O2/c1-2-33-26-15-13-22(14-16-26)17-18-31-25(19-23-9-5-3-6-10-23)21-29-28(31)30-27(32)20-24-11-7-4-8-12-24/h3-16,25H,2,17-21H2,1H3,(H,29,30,32)/t25-/m0/s1. The molecule has 1 heterocycles. The summed E-state index contributed by atoms with van der Waals surface area (Å²) in [5.41, 5.74) is 3.51. The predicted octanol–water partition coefficient (Wildman–Crippen LogP) is 4.27. The van der Waals surface area contributed by atoms with Gasteiger partial charge in [-0.05, 0) is 48.6 Å². The molecular weight excluding hydrogens is 410 g/mol. The van der Waals surface area contributed by atoms with Crippen molar-refractivity contribution in [1.82, 2.24) is 10.2 Å². The van der Waals surface area contributed by atoms with Gasteiger partial charge in [-0.3, -0.25) is 15.1 Å². The summed E-state index contributed by atoms with van der Waals surface area (Å²) >= 11 is 0. The average molecular weight is 442 g/mol. The lowest BCUT2D eigenvalue weighted by atomic mass is 10.0. The van der Waals surface area contributed by atoms with Crippen molar-refractivity contribution in [3.8, 4) is 5.75 Å². The van der Waals surface area contributed by atoms with Crippen LogP contribution >= 0.6 is 0 Å². The SMILES string of the molecule is CCOc1ccc(CCN2C(NC(=O)Cc3ccccc3)=NC[C@@H]2Cc2ccccc2)cc1. The number of aliphatic imine (C=N–C) groups is 1. The summed E-state index contributed by atoms with van der Waals surface area (Å²) in [5, 5.41) is 3.07. The molecule has 3 aromatic carbocycles. The second kappa shape index (κ2) is 11.3. The monoisotopic (exact) mass is 441 g/mol. The summed E-state index contributed by atoms with van der Waals surface area (Å²) in [4.78, 5) is 19.7. The van der Waals surface area contributed by atoms with E-state index in [1.54, 1.807) is 0 Å². The zero-order valence-electron chi connectivity index (χ0n) is 19.1. The van der Waals surface area contributed by atoms with E-state index in [1.165, 1.54) is 11.1 Å². The minimum Gasteiger partial charge on any atom is -0.494 e. The van der Waals surface area contributed by atoms with Crippen LogP contribution in [0.2, 0.25) is 0 Å². The topological polar surface area (TPSA) is 53.9 Å². The third-order valence-electron chi connectivity index (χ3n) is 5.81. The summed E-state index contributed by atoms with van der Waals surface area (Å²) in [6.07, 6.45) is 2.10. The molecule has 4 rings (SSSR count). The van der Waals surface area contributed by atoms with Gasteiger partial charge in [-0.25, -0.2) is 0 Å². The summed E-state index contributed by atoms with van der Waals surface area (Å²) in [6, 6.07) is 28.7. The lowest BCUT2D eigenvalue weighted by Crippen LogP contribution is -2.47. The first-order chi connectivity index (χ1) is 16.2. The second-order valence-electron chi connectivity index (χ2n) is 8.24. The number of hydrogen-bond donors (Lipinski definition) is 1. The fraction of sp³-hybridized carbons (Fsp3) is 0.286. The second-order valence-corrected chi connectivity index (χ2v) is 8.24. The van der Waals surface area contributed by atoms with E-state index in [2.05, 4.69) is 46.6 Å². The van der Waals surface area contributed by atoms with Gasteiger partial charge in [0.15, 0.2) is 0 Å². The van der Waals surface area contributed by atoms with Gasteiger partial charge in [0.1, 0.15) is 5.75 Å². The summed E-state index contributed by atoms with van der Waals surface area (Å²) in [5.74, 6) is 1.54. The van der Waals surface area contributed by atoms with Gasteiger partial charge in [-0.1, -0.05) is 72.8 Å². The molecule has 170 valence electrons. The average Bonchev–Trinajstić information content (AvgIpc) is 3.20. The highest BCUT2D eigenvalue weighted by Crippen LogP contribution is 2.18. The molecule has 5 nitrogen and oxygen atoms in total. The van der Waals surface area contributed by atoms with E-state index in [0.29, 0.717) is 25.5 Å². The predicted molar refractivity (Wildman–Crippen MR) is 133 cm³/mol. The third kappa shape index (κ3) is 6.45. The van der Waals surface area contributed by atoms with E-state index in [0.717, 1.165) is 30.7 Å². The Kier molecular flexibility index (Phi) is 7.75. The molecule has 0 saturated carbocycles. The number of carbonyl (C=O) groups excluding carboxylic acids is 1. The van der Waals surface area contributed by atoms with Crippen LogP contribution < -0.4 is 10.1 Å². The number of guanidine groups is 1. The Hall–Kier alpha value is -3.60. The van der Waals surface area contributed by atoms with Gasteiger partial charge in [0.2, 0.25) is 11.9 Å². The largest absolute Gasteiger partial charge is 0.494 e. The molecule has 1 atom stereocenters. The summed E-state index contributed by atoms with van der Waals surface area (Å²) < 4.78 is 5.55. The fourth-order valence-electron chi connectivity index (χ4n) is 4.13. The Labute approximate surface area is 196 Å². The molecule has 3 aromatic rings. The van der Waals surface area contributed by atoms with Crippen molar-refractivity contribution < 1.29 is 9.53 Å². The summed E-state index contributed by atoms with van der Waals surface area (Å²) in [6.45, 7) is 4.12. The van der Waals surface area contributed by atoms with Gasteiger partial charge in [-0.15, -0.1) is 0 Å². The zero-order valence-corrected chi connectivity index (χ0v) is 19.1. The third-order valence-corrected chi connectivity index (χ3v) is 5.81. The molecule has 0 aliphatic carbocycles. The molecule has 1 amide bonds. The van der Waals surface area contributed by atoms with Crippen molar-refractivity contribution in [3.05, 3.63) is 102 Å². The number of amides is 1. The molecule has 1 N–H and O–H groups in total. The van der Waals surface area contributed by atoms with Crippen LogP contribution in [-0.4, -0.2) is 42.5 Å². The van der Waals surface area contributed by atoms with E-state index < -0.39 is 0 Å². The molecule has 0 aromatic heterocycles. The molecule has 1 aliphatic rings. The van der Waals surface area contributed by atoms with Gasteiger partial charge >= 0.3 is 0 Å². The molecule has 1 aliphatic heterocycles. The first-order valence-electron chi connectivity index (χ1n) is 11.6. The van der Waals surface area contributed by atoms with Crippen LogP contribution in [0.5, 0.6) is 5.75 Å². The summed E-state index contributed by atoms with van der Waals surface area (Å²) in [7, 11) is 0. The number of nitrogens with zero attached hydrogens (tertiary/aromatic N) is 2. The molecule has 0 fully saturated rings. The number of nitrogens with one attached hydrogen (secondary N) is 1. The lowest BCUT2D eigenvalue weighted by Gasteiger charge is -2.28. The van der Waals surface area contributed by atoms with Crippen molar-refractivity contribution in [2.45, 2.75) is 32.2 Å². The van der Waals surface area contributed by atoms with Gasteiger partial charge in [-0.2, -0.15) is 0 Å². The maximum absolute atomic E-state index is 12.7. The van der Waals surface area contributed by atoms with Crippen LogP contribution in [0.1, 0.15) is 23.6 Å². The minimum absolute atomic E-state index is 0.0358. The zero-order chi connectivity index (χ0) is 22.9. The highest BCUT2D eigenvalue weighted by molar-refractivity contribution is 5.98. The van der Waals surface area contributed by atoms with Crippen molar-refractivity contribution in [3.63, 3.8) is 0 Å². The van der Waals surface area contributed by atoms with E-state index in [-0.39, 0.29) is 11.9 Å². The van der Waals surface area contributed by atoms with Crippen LogP contribution in [0.25, 0.3) is 0 Å². The van der Waals surface area contributed by atoms with Crippen molar-refractivity contribution in [2.24, 2.45) is 4.99 Å². The van der Waals surface area contributed by atoms with Crippen LogP contribution in [0, 0.1) is 0 Å². The lowest BCUT2D eigenvalue weighted by molar-refractivity contribution is -0.119. The first kappa shape index (κ1) is 22.6. The Morgan fingerprint density at radius 2 is 1.61 bits per heavy atom. The van der Waals surface area contributed by atoms with E-state index >= 15 is 0 Å². The normalized spacial score (nSPS) is 15.2. The van der Waals surface area contributed by atoms with Crippen molar-refractivity contribution >= 4 is 11.9 Å². The van der Waals surface area contributed by atoms with Crippen LogP contribution in [0.4, 0.5) is 0 Å². The Balaban J connectivity index is 1.43. The molecule has 0 bridgehead atoms. The number of ether oxygens (including phenoxy) is 1. The minimum atomic E-state index is -0.0358. The fourth-order valence-corrected chi connectivity index (χ4v) is 4.13. The van der Waals surface area contributed by atoms with E-state index in [4.69, 9.17) is 9.73 Å². The Bertz CT molecular complexity index is 1050. The van der Waals surface area contributed by atoms with Crippen molar-refractivity contribution in [2.75, 3.05) is 19.7 Å². The van der Waals surface area contributed by atoms with E-state index in [1.807, 2.05) is 55.5 Å². The first-order valence-corrected chi connectivity index (χ1v) is 11.6. The number of benzene rings is 3. The van der Waals surface area contributed by atoms with E-state index in [9.17, 15) is 4.79 Å². The molecule has 0 radical (unpaired) electrons. The molecular formula is C28H31N3O2. The van der Waals surface area contributed by atoms with Gasteiger partial charge in [0.05, 0.1) is 25.6 Å². The highest BCUT2D eigenvalue weighted by Gasteiger charge is 2.28. The maximum Gasteiger partial charge on any atom is 0.231 e. The molecule has 5 heteroatoms. The Morgan fingerprint density at radius 3 is 2.27 bits per heavy atom. The maximum atomic E-state index is 12.7. The number of hydrogen-bond acceptors (Lipinski definition) is 4. The van der Waals surface area contributed by atoms with Gasteiger partial charge in [0, 0.05) is 6.54 Å². The van der Waals surface area contributed by atoms with Gasteiger partial charge < -0.3 is 9.64 Å². The number of rotatable bonds is 9. The van der Waals surface area contributed by atoms with Crippen LogP contribution in [0.3, 0.4) is 0 Å². The molecule has 0 unspecified atom stereocenters. The van der Waals surface area contributed by atoms with Crippen molar-refractivity contribution in [1.29, 1.82) is 0 Å². The highest BCUT2D eigenvalue weighted by atomic mass is 16.5. The Morgan fingerprint density at radius 1 is 0.939 bits per heavy atom. The smallest absolute Gasteiger partial charge is 0.231 e. The molecule has 0 spiro atoms. The van der Waals surface area contributed by atoms with Crippen LogP contribution in [-0.2, 0) is 24.1 Å². The van der Waals surface area contributed by atoms with Gasteiger partial charge in [0.25, 0.3) is 0 Å². The molecule has 33 heavy (non-hydrogen) atoms. The number of carbonyl (C=O) groups is 1. The quantitative estimate of drug-likeness (QED) is 0.540. The van der Waals surface area contributed by atoms with Crippen LogP contribution in [0.15, 0.2) is 89.9 Å².